The Morgan fingerprint density at radius 2 is 2.05 bits per heavy atom. The molecule has 2 rings (SSSR count). The van der Waals surface area contributed by atoms with Crippen LogP contribution in [0.1, 0.15) is 18.9 Å². The van der Waals surface area contributed by atoms with E-state index in [4.69, 9.17) is 9.88 Å². The van der Waals surface area contributed by atoms with Gasteiger partial charge in [-0.25, -0.2) is 18.2 Å². The zero-order chi connectivity index (χ0) is 14.8. The van der Waals surface area contributed by atoms with Crippen molar-refractivity contribution in [2.75, 3.05) is 6.61 Å². The van der Waals surface area contributed by atoms with Crippen molar-refractivity contribution in [3.8, 4) is 5.69 Å². The number of benzene rings is 1. The molecule has 1 aromatic heterocycles. The number of aliphatic hydroxyl groups excluding tert-OH is 1. The number of sulfonamides is 1. The number of nitrogens with zero attached hydrogens (tertiary/aromatic N) is 2. The monoisotopic (exact) mass is 297 g/mol. The van der Waals surface area contributed by atoms with Crippen molar-refractivity contribution in [2.24, 2.45) is 5.14 Å². The van der Waals surface area contributed by atoms with Gasteiger partial charge in [-0.15, -0.1) is 0 Å². The second kappa shape index (κ2) is 5.71. The topological polar surface area (TPSA) is 107 Å². The highest BCUT2D eigenvalue weighted by Gasteiger charge is 2.22. The molecule has 20 heavy (non-hydrogen) atoms. The summed E-state index contributed by atoms with van der Waals surface area (Å²) in [6.45, 7) is 1.98. The van der Waals surface area contributed by atoms with Gasteiger partial charge in [0.05, 0.1) is 5.69 Å². The molecule has 1 heterocycles. The molecule has 0 saturated carbocycles. The number of hydrogen-bond acceptors (Lipinski definition) is 5. The average molecular weight is 297 g/mol. The van der Waals surface area contributed by atoms with Crippen LogP contribution < -0.4 is 5.14 Å². The number of rotatable bonds is 5. The highest BCUT2D eigenvalue weighted by atomic mass is 32.2. The fourth-order valence-corrected chi connectivity index (χ4v) is 2.19. The van der Waals surface area contributed by atoms with Gasteiger partial charge in [0.2, 0.25) is 0 Å². The van der Waals surface area contributed by atoms with E-state index >= 15 is 0 Å². The van der Waals surface area contributed by atoms with Crippen LogP contribution in [0.2, 0.25) is 0 Å². The van der Waals surface area contributed by atoms with Crippen molar-refractivity contribution < 1.29 is 18.3 Å². The SMILES string of the molecule is CCOC(O)c1cc(S(N)(=O)=O)nn1-c1ccccc1. The van der Waals surface area contributed by atoms with Crippen LogP contribution in [0.3, 0.4) is 0 Å². The molecule has 0 radical (unpaired) electrons. The van der Waals surface area contributed by atoms with Crippen molar-refractivity contribution in [3.05, 3.63) is 42.1 Å². The van der Waals surface area contributed by atoms with E-state index in [2.05, 4.69) is 5.10 Å². The van der Waals surface area contributed by atoms with Gasteiger partial charge in [0.1, 0.15) is 5.69 Å². The van der Waals surface area contributed by atoms with Crippen molar-refractivity contribution in [1.29, 1.82) is 0 Å². The van der Waals surface area contributed by atoms with Crippen LogP contribution in [0.25, 0.3) is 5.69 Å². The first-order valence-electron chi connectivity index (χ1n) is 5.91. The van der Waals surface area contributed by atoms with Crippen molar-refractivity contribution in [2.45, 2.75) is 18.2 Å². The lowest BCUT2D eigenvalue weighted by Gasteiger charge is -2.12. The van der Waals surface area contributed by atoms with E-state index in [0.717, 1.165) is 0 Å². The van der Waals surface area contributed by atoms with E-state index in [1.165, 1.54) is 10.7 Å². The first-order chi connectivity index (χ1) is 9.43. The number of aromatic nitrogens is 2. The Kier molecular flexibility index (Phi) is 4.19. The molecular formula is C12H15N3O4S. The lowest BCUT2D eigenvalue weighted by molar-refractivity contribution is -0.102. The Hall–Kier alpha value is -1.74. The van der Waals surface area contributed by atoms with Crippen LogP contribution in [0.5, 0.6) is 0 Å². The summed E-state index contributed by atoms with van der Waals surface area (Å²) >= 11 is 0. The minimum atomic E-state index is -3.96. The number of ether oxygens (including phenoxy) is 1. The Labute approximate surface area is 116 Å². The van der Waals surface area contributed by atoms with Gasteiger partial charge in [-0.2, -0.15) is 5.10 Å². The van der Waals surface area contributed by atoms with Gasteiger partial charge >= 0.3 is 0 Å². The molecule has 0 aliphatic carbocycles. The van der Waals surface area contributed by atoms with Crippen molar-refractivity contribution >= 4 is 10.0 Å². The summed E-state index contributed by atoms with van der Waals surface area (Å²) in [5.74, 6) is 0. The maximum Gasteiger partial charge on any atom is 0.257 e. The van der Waals surface area contributed by atoms with Crippen LogP contribution in [0, 0.1) is 0 Å². The molecule has 0 aliphatic heterocycles. The Bertz CT molecular complexity index is 682. The minimum absolute atomic E-state index is 0.196. The molecule has 3 N–H and O–H groups in total. The van der Waals surface area contributed by atoms with Crippen LogP contribution in [0.15, 0.2) is 41.4 Å². The lowest BCUT2D eigenvalue weighted by atomic mass is 10.3. The third kappa shape index (κ3) is 3.05. The summed E-state index contributed by atoms with van der Waals surface area (Å²) in [6, 6.07) is 9.99. The molecular weight excluding hydrogens is 282 g/mol. The van der Waals surface area contributed by atoms with Crippen LogP contribution in [-0.4, -0.2) is 29.9 Å². The van der Waals surface area contributed by atoms with Gasteiger partial charge in [-0.3, -0.25) is 0 Å². The maximum absolute atomic E-state index is 11.4. The van der Waals surface area contributed by atoms with E-state index < -0.39 is 16.3 Å². The zero-order valence-corrected chi connectivity index (χ0v) is 11.6. The lowest BCUT2D eigenvalue weighted by Crippen LogP contribution is -2.13. The fraction of sp³-hybridized carbons (Fsp3) is 0.250. The second-order valence-corrected chi connectivity index (χ2v) is 5.52. The molecule has 1 unspecified atom stereocenters. The molecule has 108 valence electrons. The summed E-state index contributed by atoms with van der Waals surface area (Å²) in [6.07, 6.45) is -1.29. The van der Waals surface area contributed by atoms with Crippen molar-refractivity contribution in [3.63, 3.8) is 0 Å². The molecule has 0 amide bonds. The van der Waals surface area contributed by atoms with E-state index in [0.29, 0.717) is 5.69 Å². The van der Waals surface area contributed by atoms with Gasteiger partial charge in [-0.05, 0) is 19.1 Å². The van der Waals surface area contributed by atoms with E-state index in [-0.39, 0.29) is 17.3 Å². The number of hydrogen-bond donors (Lipinski definition) is 2. The molecule has 0 bridgehead atoms. The molecule has 0 saturated heterocycles. The van der Waals surface area contributed by atoms with Crippen molar-refractivity contribution in [1.82, 2.24) is 9.78 Å². The minimum Gasteiger partial charge on any atom is -0.363 e. The summed E-state index contributed by atoms with van der Waals surface area (Å²) in [5.41, 5.74) is 0.790. The molecule has 1 aromatic carbocycles. The zero-order valence-electron chi connectivity index (χ0n) is 10.8. The Balaban J connectivity index is 2.56. The van der Waals surface area contributed by atoms with Gasteiger partial charge in [0, 0.05) is 12.7 Å². The molecule has 0 fully saturated rings. The first kappa shape index (κ1) is 14.7. The van der Waals surface area contributed by atoms with Crippen LogP contribution in [0.4, 0.5) is 0 Å². The first-order valence-corrected chi connectivity index (χ1v) is 7.46. The molecule has 7 nitrogen and oxygen atoms in total. The van der Waals surface area contributed by atoms with Crippen LogP contribution in [-0.2, 0) is 14.8 Å². The van der Waals surface area contributed by atoms with E-state index in [9.17, 15) is 13.5 Å². The van der Waals surface area contributed by atoms with Crippen LogP contribution >= 0.6 is 0 Å². The van der Waals surface area contributed by atoms with Gasteiger partial charge < -0.3 is 9.84 Å². The molecule has 8 heteroatoms. The Morgan fingerprint density at radius 3 is 2.60 bits per heavy atom. The summed E-state index contributed by atoms with van der Waals surface area (Å²) in [5, 5.41) is 18.6. The fourth-order valence-electron chi connectivity index (χ4n) is 1.71. The predicted octanol–water partition coefficient (Wildman–Crippen LogP) is 0.547. The molecule has 0 spiro atoms. The number of para-hydroxylation sites is 1. The van der Waals surface area contributed by atoms with E-state index in [1.54, 1.807) is 31.2 Å². The predicted molar refractivity (Wildman–Crippen MR) is 71.5 cm³/mol. The molecule has 1 atom stereocenters. The molecule has 2 aromatic rings. The highest BCUT2D eigenvalue weighted by molar-refractivity contribution is 7.89. The Morgan fingerprint density at radius 1 is 1.40 bits per heavy atom. The normalized spacial score (nSPS) is 13.3. The highest BCUT2D eigenvalue weighted by Crippen LogP contribution is 2.21. The maximum atomic E-state index is 11.4. The quantitative estimate of drug-likeness (QED) is 0.783. The standard InChI is InChI=1S/C12H15N3O4S/c1-2-19-12(16)10-8-11(20(13,17)18)14-15(10)9-6-4-3-5-7-9/h3-8,12,16H,2H2,1H3,(H2,13,17,18). The summed E-state index contributed by atoms with van der Waals surface area (Å²) < 4.78 is 29.1. The average Bonchev–Trinajstić information content (AvgIpc) is 2.85. The summed E-state index contributed by atoms with van der Waals surface area (Å²) in [4.78, 5) is 0. The van der Waals surface area contributed by atoms with Gasteiger partial charge in [0.15, 0.2) is 11.3 Å². The number of primary sulfonamides is 1. The largest absolute Gasteiger partial charge is 0.363 e. The smallest absolute Gasteiger partial charge is 0.257 e. The summed E-state index contributed by atoms with van der Waals surface area (Å²) in [7, 11) is -3.96. The molecule has 0 aliphatic rings. The number of aliphatic hydroxyl groups is 1. The van der Waals surface area contributed by atoms with Gasteiger partial charge in [-0.1, -0.05) is 18.2 Å². The third-order valence-corrected chi connectivity index (χ3v) is 3.37. The van der Waals surface area contributed by atoms with E-state index in [1.807, 2.05) is 6.07 Å². The second-order valence-electron chi connectivity index (χ2n) is 4.01. The van der Waals surface area contributed by atoms with Gasteiger partial charge in [0.25, 0.3) is 10.0 Å². The number of nitrogens with two attached hydrogens (primary N) is 1. The third-order valence-electron chi connectivity index (χ3n) is 2.58.